The Morgan fingerprint density at radius 2 is 2.10 bits per heavy atom. The highest BCUT2D eigenvalue weighted by atomic mass is 32.2. The minimum absolute atomic E-state index is 0.304. The summed E-state index contributed by atoms with van der Waals surface area (Å²) in [4.78, 5) is 0. The van der Waals surface area contributed by atoms with Crippen LogP contribution in [0.4, 0.5) is 0 Å². The first-order valence-corrected chi connectivity index (χ1v) is 4.96. The summed E-state index contributed by atoms with van der Waals surface area (Å²) in [6, 6.07) is 0. The molecule has 0 heterocycles. The molecule has 0 aromatic carbocycles. The highest BCUT2D eigenvalue weighted by Gasteiger charge is 1.86. The van der Waals surface area contributed by atoms with E-state index < -0.39 is 0 Å². The SMILES string of the molecule is CCCNCCSCCO. The van der Waals surface area contributed by atoms with E-state index in [9.17, 15) is 0 Å². The molecular weight excluding hydrogens is 146 g/mol. The van der Waals surface area contributed by atoms with E-state index in [0.29, 0.717) is 6.61 Å². The summed E-state index contributed by atoms with van der Waals surface area (Å²) >= 11 is 1.79. The van der Waals surface area contributed by atoms with Gasteiger partial charge in [-0.1, -0.05) is 6.92 Å². The van der Waals surface area contributed by atoms with Gasteiger partial charge in [0, 0.05) is 18.1 Å². The number of thioether (sulfide) groups is 1. The summed E-state index contributed by atoms with van der Waals surface area (Å²) in [5, 5.41) is 11.7. The second kappa shape index (κ2) is 9.27. The van der Waals surface area contributed by atoms with E-state index in [2.05, 4.69) is 12.2 Å². The van der Waals surface area contributed by atoms with Crippen molar-refractivity contribution < 1.29 is 5.11 Å². The fraction of sp³-hybridized carbons (Fsp3) is 1.00. The predicted octanol–water partition coefficient (Wildman–Crippen LogP) is 0.711. The molecule has 10 heavy (non-hydrogen) atoms. The van der Waals surface area contributed by atoms with Crippen LogP contribution in [0.5, 0.6) is 0 Å². The zero-order chi connectivity index (χ0) is 7.66. The van der Waals surface area contributed by atoms with Crippen LogP contribution in [0.1, 0.15) is 13.3 Å². The number of aliphatic hydroxyl groups is 1. The summed E-state index contributed by atoms with van der Waals surface area (Å²) in [6.07, 6.45) is 1.20. The summed E-state index contributed by atoms with van der Waals surface area (Å²) < 4.78 is 0. The molecule has 62 valence electrons. The molecular formula is C7H17NOS. The van der Waals surface area contributed by atoms with Gasteiger partial charge in [0.2, 0.25) is 0 Å². The molecule has 0 fully saturated rings. The van der Waals surface area contributed by atoms with E-state index in [1.54, 1.807) is 11.8 Å². The average Bonchev–Trinajstić information content (AvgIpc) is 1.97. The number of hydrogen-bond donors (Lipinski definition) is 2. The van der Waals surface area contributed by atoms with Gasteiger partial charge < -0.3 is 10.4 Å². The molecule has 0 aliphatic carbocycles. The van der Waals surface area contributed by atoms with Crippen LogP contribution in [-0.2, 0) is 0 Å². The highest BCUT2D eigenvalue weighted by Crippen LogP contribution is 1.95. The van der Waals surface area contributed by atoms with Gasteiger partial charge in [0.1, 0.15) is 0 Å². The van der Waals surface area contributed by atoms with Crippen LogP contribution in [0, 0.1) is 0 Å². The second-order valence-corrected chi connectivity index (χ2v) is 3.31. The molecule has 0 aliphatic heterocycles. The Morgan fingerprint density at radius 3 is 2.70 bits per heavy atom. The topological polar surface area (TPSA) is 32.3 Å². The van der Waals surface area contributed by atoms with E-state index in [1.807, 2.05) is 0 Å². The van der Waals surface area contributed by atoms with E-state index >= 15 is 0 Å². The number of hydrogen-bond acceptors (Lipinski definition) is 3. The lowest BCUT2D eigenvalue weighted by atomic mass is 10.5. The third kappa shape index (κ3) is 8.27. The van der Waals surface area contributed by atoms with Crippen molar-refractivity contribution in [1.29, 1.82) is 0 Å². The van der Waals surface area contributed by atoms with Crippen LogP contribution in [0.15, 0.2) is 0 Å². The minimum atomic E-state index is 0.304. The van der Waals surface area contributed by atoms with Gasteiger partial charge in [0.15, 0.2) is 0 Å². The highest BCUT2D eigenvalue weighted by molar-refractivity contribution is 7.99. The minimum Gasteiger partial charge on any atom is -0.396 e. The number of nitrogens with one attached hydrogen (secondary N) is 1. The first-order chi connectivity index (χ1) is 4.91. The van der Waals surface area contributed by atoms with E-state index in [4.69, 9.17) is 5.11 Å². The summed E-state index contributed by atoms with van der Waals surface area (Å²) in [6.45, 7) is 4.64. The fourth-order valence-electron chi connectivity index (χ4n) is 0.613. The molecule has 0 amide bonds. The largest absolute Gasteiger partial charge is 0.396 e. The third-order valence-electron chi connectivity index (χ3n) is 1.09. The Hall–Kier alpha value is 0.270. The fourth-order valence-corrected chi connectivity index (χ4v) is 1.23. The van der Waals surface area contributed by atoms with Gasteiger partial charge in [-0.15, -0.1) is 0 Å². The van der Waals surface area contributed by atoms with Gasteiger partial charge >= 0.3 is 0 Å². The second-order valence-electron chi connectivity index (χ2n) is 2.09. The van der Waals surface area contributed by atoms with E-state index in [-0.39, 0.29) is 0 Å². The van der Waals surface area contributed by atoms with Crippen LogP contribution in [0.2, 0.25) is 0 Å². The van der Waals surface area contributed by atoms with Crippen molar-refractivity contribution in [2.45, 2.75) is 13.3 Å². The van der Waals surface area contributed by atoms with Crippen LogP contribution in [-0.4, -0.2) is 36.3 Å². The Bertz CT molecular complexity index is 53.6. The smallest absolute Gasteiger partial charge is 0.0521 e. The molecule has 0 aromatic rings. The van der Waals surface area contributed by atoms with Crippen molar-refractivity contribution in [2.24, 2.45) is 0 Å². The van der Waals surface area contributed by atoms with Crippen molar-refractivity contribution in [2.75, 3.05) is 31.2 Å². The van der Waals surface area contributed by atoms with Crippen LogP contribution >= 0.6 is 11.8 Å². The van der Waals surface area contributed by atoms with Gasteiger partial charge in [-0.05, 0) is 13.0 Å². The molecule has 0 aromatic heterocycles. The lowest BCUT2D eigenvalue weighted by molar-refractivity contribution is 0.322. The predicted molar refractivity (Wildman–Crippen MR) is 47.6 cm³/mol. The lowest BCUT2D eigenvalue weighted by Gasteiger charge is -2.00. The Labute approximate surface area is 67.4 Å². The molecule has 0 aliphatic rings. The molecule has 2 nitrogen and oxygen atoms in total. The molecule has 0 rings (SSSR count). The first kappa shape index (κ1) is 10.3. The maximum atomic E-state index is 8.43. The first-order valence-electron chi connectivity index (χ1n) is 3.81. The van der Waals surface area contributed by atoms with Gasteiger partial charge in [-0.3, -0.25) is 0 Å². The van der Waals surface area contributed by atoms with Crippen LogP contribution < -0.4 is 5.32 Å². The zero-order valence-electron chi connectivity index (χ0n) is 6.60. The molecule has 0 saturated heterocycles. The molecule has 3 heteroatoms. The lowest BCUT2D eigenvalue weighted by Crippen LogP contribution is -2.17. The summed E-state index contributed by atoms with van der Waals surface area (Å²) in [5.41, 5.74) is 0. The maximum absolute atomic E-state index is 8.43. The van der Waals surface area contributed by atoms with Crippen LogP contribution in [0.25, 0.3) is 0 Å². The Morgan fingerprint density at radius 1 is 1.30 bits per heavy atom. The molecule has 0 saturated carbocycles. The molecule has 0 spiro atoms. The summed E-state index contributed by atoms with van der Waals surface area (Å²) in [5.74, 6) is 1.98. The molecule has 0 atom stereocenters. The number of rotatable bonds is 7. The van der Waals surface area contributed by atoms with Crippen molar-refractivity contribution in [3.05, 3.63) is 0 Å². The van der Waals surface area contributed by atoms with Crippen molar-refractivity contribution in [3.8, 4) is 0 Å². The van der Waals surface area contributed by atoms with Gasteiger partial charge in [-0.2, -0.15) is 11.8 Å². The summed E-state index contributed by atoms with van der Waals surface area (Å²) in [7, 11) is 0. The normalized spacial score (nSPS) is 10.2. The maximum Gasteiger partial charge on any atom is 0.0521 e. The van der Waals surface area contributed by atoms with Crippen molar-refractivity contribution in [3.63, 3.8) is 0 Å². The standard InChI is InChI=1S/C7H17NOS/c1-2-3-8-4-6-10-7-5-9/h8-9H,2-7H2,1H3. The van der Waals surface area contributed by atoms with Crippen LogP contribution in [0.3, 0.4) is 0 Å². The molecule has 2 N–H and O–H groups in total. The van der Waals surface area contributed by atoms with Crippen molar-refractivity contribution in [1.82, 2.24) is 5.32 Å². The van der Waals surface area contributed by atoms with Gasteiger partial charge in [-0.25, -0.2) is 0 Å². The Kier molecular flexibility index (Phi) is 9.52. The van der Waals surface area contributed by atoms with Crippen molar-refractivity contribution >= 4 is 11.8 Å². The molecule has 0 unspecified atom stereocenters. The van der Waals surface area contributed by atoms with Gasteiger partial charge in [0.05, 0.1) is 6.61 Å². The quantitative estimate of drug-likeness (QED) is 0.542. The number of aliphatic hydroxyl groups excluding tert-OH is 1. The Balaban J connectivity index is 2.65. The van der Waals surface area contributed by atoms with E-state index in [0.717, 1.165) is 24.6 Å². The average molecular weight is 163 g/mol. The zero-order valence-corrected chi connectivity index (χ0v) is 7.41. The molecule has 0 radical (unpaired) electrons. The third-order valence-corrected chi connectivity index (χ3v) is 2.05. The van der Waals surface area contributed by atoms with Gasteiger partial charge in [0.25, 0.3) is 0 Å². The monoisotopic (exact) mass is 163 g/mol. The molecule has 0 bridgehead atoms. The van der Waals surface area contributed by atoms with E-state index in [1.165, 1.54) is 6.42 Å².